The molecular formula is C19H24N6OS. The van der Waals surface area contributed by atoms with Crippen LogP contribution in [0.2, 0.25) is 0 Å². The highest BCUT2D eigenvalue weighted by Gasteiger charge is 2.21. The van der Waals surface area contributed by atoms with E-state index in [0.29, 0.717) is 12.3 Å². The van der Waals surface area contributed by atoms with E-state index in [4.69, 9.17) is 4.98 Å². The molecule has 0 radical (unpaired) electrons. The molecule has 0 saturated carbocycles. The lowest BCUT2D eigenvalue weighted by atomic mass is 10.0. The number of aryl methyl sites for hydroxylation is 2. The first-order chi connectivity index (χ1) is 13.1. The fraction of sp³-hybridized carbons (Fsp3) is 0.474. The molecule has 0 spiro atoms. The first-order valence-electron chi connectivity index (χ1n) is 9.42. The predicted octanol–water partition coefficient (Wildman–Crippen LogP) is 3.36. The lowest BCUT2D eigenvalue weighted by molar-refractivity contribution is 0.202. The summed E-state index contributed by atoms with van der Waals surface area (Å²) in [5.74, 6) is 0.641. The van der Waals surface area contributed by atoms with Gasteiger partial charge in [-0.2, -0.15) is 0 Å². The van der Waals surface area contributed by atoms with Crippen LogP contribution in [0.25, 0.3) is 5.78 Å². The number of carbonyl (C=O) groups is 1. The van der Waals surface area contributed by atoms with E-state index in [1.807, 2.05) is 36.8 Å². The number of fused-ring (bicyclic) bond motifs is 2. The fourth-order valence-corrected chi connectivity index (χ4v) is 4.62. The van der Waals surface area contributed by atoms with E-state index >= 15 is 0 Å². The van der Waals surface area contributed by atoms with Crippen LogP contribution < -0.4 is 5.32 Å². The minimum Gasteiger partial charge on any atom is -0.330 e. The normalized spacial score (nSPS) is 14.7. The van der Waals surface area contributed by atoms with Crippen LogP contribution in [0.3, 0.4) is 0 Å². The molecular weight excluding hydrogens is 360 g/mol. The van der Waals surface area contributed by atoms with E-state index in [1.54, 1.807) is 22.4 Å². The molecule has 4 rings (SSSR count). The first kappa shape index (κ1) is 17.9. The minimum absolute atomic E-state index is 0.111. The average Bonchev–Trinajstić information content (AvgIpc) is 3.28. The molecule has 0 aromatic carbocycles. The first-order valence-corrected chi connectivity index (χ1v) is 10.2. The van der Waals surface area contributed by atoms with Gasteiger partial charge in [-0.3, -0.25) is 4.40 Å². The summed E-state index contributed by atoms with van der Waals surface area (Å²) in [5.41, 5.74) is 2.06. The van der Waals surface area contributed by atoms with Gasteiger partial charge in [0.25, 0.3) is 0 Å². The van der Waals surface area contributed by atoms with Gasteiger partial charge in [0, 0.05) is 30.5 Å². The zero-order valence-corrected chi connectivity index (χ0v) is 16.5. The Morgan fingerprint density at radius 3 is 3.00 bits per heavy atom. The number of hydrogen-bond acceptors (Lipinski definition) is 5. The second-order valence-electron chi connectivity index (χ2n) is 6.94. The smallest absolute Gasteiger partial charge is 0.318 e. The Morgan fingerprint density at radius 2 is 2.22 bits per heavy atom. The van der Waals surface area contributed by atoms with Crippen molar-refractivity contribution >= 4 is 23.1 Å². The summed E-state index contributed by atoms with van der Waals surface area (Å²) in [5, 5.41) is 4.10. The summed E-state index contributed by atoms with van der Waals surface area (Å²) in [6, 6.07) is 1.60. The topological polar surface area (TPSA) is 75.4 Å². The number of nitrogens with one attached hydrogen (secondary N) is 1. The molecule has 27 heavy (non-hydrogen) atoms. The Morgan fingerprint density at radius 1 is 1.37 bits per heavy atom. The molecule has 3 heterocycles. The van der Waals surface area contributed by atoms with E-state index in [0.717, 1.165) is 30.0 Å². The Hall–Kier alpha value is -2.48. The predicted molar refractivity (Wildman–Crippen MR) is 105 cm³/mol. The summed E-state index contributed by atoms with van der Waals surface area (Å²) < 4.78 is 1.87. The van der Waals surface area contributed by atoms with Gasteiger partial charge < -0.3 is 10.2 Å². The van der Waals surface area contributed by atoms with Gasteiger partial charge in [-0.15, -0.1) is 11.3 Å². The van der Waals surface area contributed by atoms with Gasteiger partial charge in [0.1, 0.15) is 5.01 Å². The molecule has 0 bridgehead atoms. The van der Waals surface area contributed by atoms with E-state index in [1.165, 1.54) is 23.4 Å². The largest absolute Gasteiger partial charge is 0.330 e. The number of aromatic nitrogens is 4. The SMILES string of the molecule is CCC(NC(=O)N(C)Cc1nc2c(s1)CCCC2)c1cn2cccnc2n1. The van der Waals surface area contributed by atoms with Gasteiger partial charge in [-0.05, 0) is 38.2 Å². The summed E-state index contributed by atoms with van der Waals surface area (Å²) in [6.45, 7) is 2.57. The van der Waals surface area contributed by atoms with Crippen LogP contribution in [0.1, 0.15) is 53.5 Å². The summed E-state index contributed by atoms with van der Waals surface area (Å²) in [7, 11) is 1.81. The number of hydrogen-bond donors (Lipinski definition) is 1. The van der Waals surface area contributed by atoms with Gasteiger partial charge in [-0.1, -0.05) is 6.92 Å². The van der Waals surface area contributed by atoms with Gasteiger partial charge in [-0.25, -0.2) is 19.7 Å². The van der Waals surface area contributed by atoms with Crippen LogP contribution in [-0.4, -0.2) is 37.3 Å². The summed E-state index contributed by atoms with van der Waals surface area (Å²) in [6.07, 6.45) is 11.0. The zero-order valence-electron chi connectivity index (χ0n) is 15.7. The highest BCUT2D eigenvalue weighted by Crippen LogP contribution is 2.27. The number of carbonyl (C=O) groups excluding carboxylic acids is 1. The lowest BCUT2D eigenvalue weighted by Crippen LogP contribution is -2.39. The number of nitrogens with zero attached hydrogens (tertiary/aromatic N) is 5. The van der Waals surface area contributed by atoms with Gasteiger partial charge in [0.2, 0.25) is 5.78 Å². The number of thiazole rings is 1. The molecule has 8 heteroatoms. The van der Waals surface area contributed by atoms with E-state index < -0.39 is 0 Å². The van der Waals surface area contributed by atoms with Crippen LogP contribution in [-0.2, 0) is 19.4 Å². The molecule has 1 N–H and O–H groups in total. The monoisotopic (exact) mass is 384 g/mol. The van der Waals surface area contributed by atoms with Crippen molar-refractivity contribution < 1.29 is 4.79 Å². The van der Waals surface area contributed by atoms with Crippen molar-refractivity contribution in [3.05, 3.63) is 45.9 Å². The zero-order chi connectivity index (χ0) is 18.8. The van der Waals surface area contributed by atoms with Crippen molar-refractivity contribution in [2.24, 2.45) is 0 Å². The lowest BCUT2D eigenvalue weighted by Gasteiger charge is -2.21. The Labute approximate surface area is 162 Å². The minimum atomic E-state index is -0.147. The van der Waals surface area contributed by atoms with Gasteiger partial charge >= 0.3 is 6.03 Å². The third kappa shape index (κ3) is 3.80. The maximum absolute atomic E-state index is 12.7. The van der Waals surface area contributed by atoms with Crippen LogP contribution in [0.4, 0.5) is 4.79 Å². The molecule has 0 aliphatic heterocycles. The molecule has 1 unspecified atom stereocenters. The number of imidazole rings is 1. The van der Waals surface area contributed by atoms with Crippen molar-refractivity contribution in [1.82, 2.24) is 29.6 Å². The molecule has 3 aromatic rings. The fourth-order valence-electron chi connectivity index (χ4n) is 3.41. The summed E-state index contributed by atoms with van der Waals surface area (Å²) >= 11 is 1.75. The number of amides is 2. The van der Waals surface area contributed by atoms with Crippen molar-refractivity contribution in [2.45, 2.75) is 51.6 Å². The van der Waals surface area contributed by atoms with Crippen molar-refractivity contribution in [3.8, 4) is 0 Å². The Bertz CT molecular complexity index is 892. The standard InChI is InChI=1S/C19H24N6OS/c1-3-13(15-11-25-10-6-9-20-18(25)22-15)23-19(26)24(2)12-17-21-14-7-4-5-8-16(14)27-17/h6,9-11,13H,3-5,7-8,12H2,1-2H3,(H,23,26). The number of rotatable bonds is 5. The van der Waals surface area contributed by atoms with Gasteiger partial charge in [0.05, 0.1) is 24.0 Å². The van der Waals surface area contributed by atoms with Gasteiger partial charge in [0.15, 0.2) is 0 Å². The second kappa shape index (κ2) is 7.64. The third-order valence-electron chi connectivity index (χ3n) is 4.93. The van der Waals surface area contributed by atoms with Crippen molar-refractivity contribution in [3.63, 3.8) is 0 Å². The quantitative estimate of drug-likeness (QED) is 0.732. The van der Waals surface area contributed by atoms with Crippen molar-refractivity contribution in [1.29, 1.82) is 0 Å². The third-order valence-corrected chi connectivity index (χ3v) is 6.07. The molecule has 2 amide bonds. The van der Waals surface area contributed by atoms with Crippen LogP contribution in [0, 0.1) is 0 Å². The highest BCUT2D eigenvalue weighted by atomic mass is 32.1. The summed E-state index contributed by atoms with van der Waals surface area (Å²) in [4.78, 5) is 29.3. The van der Waals surface area contributed by atoms with Crippen molar-refractivity contribution in [2.75, 3.05) is 7.05 Å². The molecule has 1 aliphatic rings. The number of urea groups is 1. The molecule has 0 saturated heterocycles. The van der Waals surface area contributed by atoms with Crippen LogP contribution in [0.5, 0.6) is 0 Å². The van der Waals surface area contributed by atoms with Crippen LogP contribution in [0.15, 0.2) is 24.7 Å². The average molecular weight is 385 g/mol. The van der Waals surface area contributed by atoms with E-state index in [9.17, 15) is 4.79 Å². The molecule has 1 atom stereocenters. The molecule has 1 aliphatic carbocycles. The van der Waals surface area contributed by atoms with E-state index in [2.05, 4.69) is 15.3 Å². The second-order valence-corrected chi connectivity index (χ2v) is 8.11. The Balaban J connectivity index is 1.42. The Kier molecular flexibility index (Phi) is 5.07. The van der Waals surface area contributed by atoms with Crippen LogP contribution >= 0.6 is 11.3 Å². The maximum atomic E-state index is 12.7. The molecule has 142 valence electrons. The van der Waals surface area contributed by atoms with E-state index in [-0.39, 0.29) is 12.1 Å². The molecule has 3 aromatic heterocycles. The molecule has 0 fully saturated rings. The molecule has 7 nitrogen and oxygen atoms in total. The highest BCUT2D eigenvalue weighted by molar-refractivity contribution is 7.11. The maximum Gasteiger partial charge on any atom is 0.318 e.